The van der Waals surface area contributed by atoms with E-state index in [9.17, 15) is 31.5 Å². The molecule has 0 radical (unpaired) electrons. The topological polar surface area (TPSA) is 182 Å². The van der Waals surface area contributed by atoms with Gasteiger partial charge in [0.25, 0.3) is 18.8 Å². The van der Waals surface area contributed by atoms with Gasteiger partial charge >= 0.3 is 6.18 Å². The van der Waals surface area contributed by atoms with E-state index in [2.05, 4.69) is 31.0 Å². The SMILES string of the molecule is CCc1cc(Nc2nccn3c(-c4cn(CC(F)F)nc4C(F)(F)F)cnc23)ccc1C(=O)NCCNC(=O)CN.O=CO. The third-order valence-corrected chi connectivity index (χ3v) is 5.97. The highest BCUT2D eigenvalue weighted by molar-refractivity contribution is 5.96. The first-order chi connectivity index (χ1) is 20.9. The van der Waals surface area contributed by atoms with Gasteiger partial charge in [-0.25, -0.2) is 18.7 Å². The molecule has 0 saturated heterocycles. The number of carbonyl (C=O) groups is 3. The molecule has 0 atom stereocenters. The fourth-order valence-corrected chi connectivity index (χ4v) is 4.13. The number of anilines is 2. The van der Waals surface area contributed by atoms with Gasteiger partial charge in [-0.3, -0.25) is 23.5 Å². The van der Waals surface area contributed by atoms with Crippen LogP contribution in [0.4, 0.5) is 33.5 Å². The van der Waals surface area contributed by atoms with Gasteiger partial charge in [0.2, 0.25) is 5.91 Å². The van der Waals surface area contributed by atoms with Crippen molar-refractivity contribution in [3.05, 3.63) is 59.8 Å². The van der Waals surface area contributed by atoms with Gasteiger partial charge in [0.1, 0.15) is 6.54 Å². The molecule has 6 N–H and O–H groups in total. The van der Waals surface area contributed by atoms with Crippen molar-refractivity contribution in [1.82, 2.24) is 34.8 Å². The Morgan fingerprint density at radius 1 is 1.16 bits per heavy atom. The maximum atomic E-state index is 13.7. The molecule has 236 valence electrons. The molecular formula is C26H28F5N9O4. The lowest BCUT2D eigenvalue weighted by atomic mass is 10.0. The zero-order valence-electron chi connectivity index (χ0n) is 23.1. The van der Waals surface area contributed by atoms with Crippen LogP contribution < -0.4 is 21.7 Å². The van der Waals surface area contributed by atoms with Crippen LogP contribution in [0.5, 0.6) is 0 Å². The van der Waals surface area contributed by atoms with Crippen molar-refractivity contribution in [2.45, 2.75) is 32.5 Å². The number of fused-ring (bicyclic) bond motifs is 1. The molecule has 1 aromatic carbocycles. The quantitative estimate of drug-likeness (QED) is 0.0951. The lowest BCUT2D eigenvalue weighted by molar-refractivity contribution is -0.141. The molecule has 0 aliphatic rings. The van der Waals surface area contributed by atoms with Crippen molar-refractivity contribution in [2.75, 3.05) is 25.0 Å². The zero-order chi connectivity index (χ0) is 32.4. The zero-order valence-corrected chi connectivity index (χ0v) is 23.1. The van der Waals surface area contributed by atoms with Crippen LogP contribution in [0.3, 0.4) is 0 Å². The second-order valence-electron chi connectivity index (χ2n) is 8.88. The van der Waals surface area contributed by atoms with Gasteiger partial charge in [-0.15, -0.1) is 0 Å². The summed E-state index contributed by atoms with van der Waals surface area (Å²) in [6, 6.07) is 4.98. The van der Waals surface area contributed by atoms with Crippen LogP contribution in [0, 0.1) is 0 Å². The summed E-state index contributed by atoms with van der Waals surface area (Å²) in [7, 11) is 0. The molecular weight excluding hydrogens is 597 g/mol. The van der Waals surface area contributed by atoms with Gasteiger partial charge in [0.05, 0.1) is 24.0 Å². The fraction of sp³-hybridized carbons (Fsp3) is 0.308. The van der Waals surface area contributed by atoms with E-state index in [1.807, 2.05) is 6.92 Å². The largest absolute Gasteiger partial charge is 0.483 e. The molecule has 0 fully saturated rings. The van der Waals surface area contributed by atoms with Gasteiger partial charge in [0.15, 0.2) is 17.2 Å². The number of alkyl halides is 5. The lowest BCUT2D eigenvalue weighted by Crippen LogP contribution is -2.37. The summed E-state index contributed by atoms with van der Waals surface area (Å²) in [5.74, 6) is -0.455. The summed E-state index contributed by atoms with van der Waals surface area (Å²) >= 11 is 0. The van der Waals surface area contributed by atoms with Gasteiger partial charge < -0.3 is 26.8 Å². The van der Waals surface area contributed by atoms with Gasteiger partial charge in [-0.2, -0.15) is 18.3 Å². The summed E-state index contributed by atoms with van der Waals surface area (Å²) in [6.07, 6.45) is -2.42. The Hall–Kier alpha value is -5.13. The van der Waals surface area contributed by atoms with E-state index in [1.165, 1.54) is 23.0 Å². The molecule has 44 heavy (non-hydrogen) atoms. The Morgan fingerprint density at radius 2 is 1.86 bits per heavy atom. The summed E-state index contributed by atoms with van der Waals surface area (Å²) < 4.78 is 68.6. The maximum absolute atomic E-state index is 13.7. The Kier molecular flexibility index (Phi) is 11.3. The third-order valence-electron chi connectivity index (χ3n) is 5.97. The molecule has 18 heteroatoms. The first kappa shape index (κ1) is 33.4. The van der Waals surface area contributed by atoms with E-state index in [4.69, 9.17) is 15.6 Å². The number of rotatable bonds is 11. The molecule has 0 unspecified atom stereocenters. The molecule has 13 nitrogen and oxygen atoms in total. The molecule has 3 heterocycles. The first-order valence-corrected chi connectivity index (χ1v) is 12.9. The minimum absolute atomic E-state index is 0.0118. The van der Waals surface area contributed by atoms with Crippen molar-refractivity contribution in [2.24, 2.45) is 5.73 Å². The summed E-state index contributed by atoms with van der Waals surface area (Å²) in [5, 5.41) is 18.6. The summed E-state index contributed by atoms with van der Waals surface area (Å²) in [6.45, 7) is 0.906. The highest BCUT2D eigenvalue weighted by Crippen LogP contribution is 2.37. The normalized spacial score (nSPS) is 11.2. The Morgan fingerprint density at radius 3 is 2.50 bits per heavy atom. The highest BCUT2D eigenvalue weighted by Gasteiger charge is 2.38. The van der Waals surface area contributed by atoms with Gasteiger partial charge in [-0.05, 0) is 30.2 Å². The smallest absolute Gasteiger partial charge is 0.435 e. The summed E-state index contributed by atoms with van der Waals surface area (Å²) in [4.78, 5) is 40.7. The number of amides is 2. The number of nitrogens with two attached hydrogens (primary N) is 1. The summed E-state index contributed by atoms with van der Waals surface area (Å²) in [5.41, 5.74) is 5.35. The third kappa shape index (κ3) is 8.24. The second kappa shape index (κ2) is 14.9. The molecule has 2 amide bonds. The number of halogens is 5. The fourth-order valence-electron chi connectivity index (χ4n) is 4.13. The first-order valence-electron chi connectivity index (χ1n) is 12.9. The van der Waals surface area contributed by atoms with Gasteiger partial charge in [-0.1, -0.05) is 6.92 Å². The predicted molar refractivity (Wildman–Crippen MR) is 147 cm³/mol. The molecule has 0 bridgehead atoms. The number of imidazole rings is 1. The number of carbonyl (C=O) groups excluding carboxylic acids is 2. The van der Waals surface area contributed by atoms with E-state index >= 15 is 0 Å². The monoisotopic (exact) mass is 625 g/mol. The minimum atomic E-state index is -4.88. The molecule has 0 aliphatic heterocycles. The van der Waals surface area contributed by atoms with E-state index < -0.39 is 30.4 Å². The minimum Gasteiger partial charge on any atom is -0.483 e. The Bertz CT molecular complexity index is 1600. The Labute approximate surface area is 246 Å². The van der Waals surface area contributed by atoms with Crippen LogP contribution >= 0.6 is 0 Å². The van der Waals surface area contributed by atoms with Crippen LogP contribution in [0.15, 0.2) is 43.0 Å². The number of hydrogen-bond donors (Lipinski definition) is 5. The lowest BCUT2D eigenvalue weighted by Gasteiger charge is -2.13. The molecule has 4 rings (SSSR count). The average Bonchev–Trinajstić information content (AvgIpc) is 3.60. The number of aromatic nitrogens is 5. The van der Waals surface area contributed by atoms with Gasteiger partial charge in [0, 0.05) is 42.9 Å². The predicted octanol–water partition coefficient (Wildman–Crippen LogP) is 2.69. The van der Waals surface area contributed by atoms with Crippen LogP contribution in [0.1, 0.15) is 28.5 Å². The van der Waals surface area contributed by atoms with Crippen LogP contribution in [0.2, 0.25) is 0 Å². The molecule has 0 spiro atoms. The van der Waals surface area contributed by atoms with Crippen LogP contribution in [-0.4, -0.2) is 73.6 Å². The standard InChI is InChI=1S/C25H26F5N9O2.CH2O2/c1-2-14-9-15(3-4-16(14)24(41)34-6-5-32-20(40)10-31)36-22-23-35-11-18(39(23)8-7-33-22)17-12-38(13-19(26)27)37-21(17)25(28,29)30;2-1-3/h3-4,7-9,11-12,19H,2,5-6,10,13,31H2,1H3,(H,32,40)(H,33,36)(H,34,41);1H,(H,2,3). The Balaban J connectivity index is 0.00000169. The van der Waals surface area contributed by atoms with E-state index in [0.29, 0.717) is 27.9 Å². The maximum Gasteiger partial charge on any atom is 0.435 e. The van der Waals surface area contributed by atoms with Crippen molar-refractivity contribution < 1.29 is 41.4 Å². The number of aryl methyl sites for hydroxylation is 1. The number of benzene rings is 1. The van der Waals surface area contributed by atoms with E-state index in [-0.39, 0.29) is 55.1 Å². The van der Waals surface area contributed by atoms with Crippen molar-refractivity contribution in [3.63, 3.8) is 0 Å². The van der Waals surface area contributed by atoms with Crippen molar-refractivity contribution in [1.29, 1.82) is 0 Å². The molecule has 3 aromatic heterocycles. The van der Waals surface area contributed by atoms with Crippen molar-refractivity contribution in [3.8, 4) is 11.3 Å². The second-order valence-corrected chi connectivity index (χ2v) is 8.88. The van der Waals surface area contributed by atoms with Crippen LogP contribution in [0.25, 0.3) is 16.9 Å². The van der Waals surface area contributed by atoms with Crippen LogP contribution in [-0.2, 0) is 28.7 Å². The van der Waals surface area contributed by atoms with E-state index in [1.54, 1.807) is 18.2 Å². The van der Waals surface area contributed by atoms with Crippen molar-refractivity contribution >= 4 is 35.4 Å². The number of carboxylic acid groups (broad SMARTS) is 1. The number of hydrogen-bond acceptors (Lipinski definition) is 8. The highest BCUT2D eigenvalue weighted by atomic mass is 19.4. The van der Waals surface area contributed by atoms with E-state index in [0.717, 1.165) is 6.20 Å². The average molecular weight is 626 g/mol. The number of nitrogens with zero attached hydrogens (tertiary/aromatic N) is 5. The molecule has 0 aliphatic carbocycles. The molecule has 0 saturated carbocycles. The molecule has 4 aromatic rings. The number of nitrogens with one attached hydrogen (secondary N) is 3.